The molecule has 0 unspecified atom stereocenters. The number of hydrogen-bond donors (Lipinski definition) is 0. The molecule has 0 aromatic heterocycles. The number of rotatable bonds is 42. The summed E-state index contributed by atoms with van der Waals surface area (Å²) in [4.78, 5) is 12.5. The third-order valence-electron chi connectivity index (χ3n) is 10.3. The molecule has 0 aromatic carbocycles. The molecule has 0 bridgehead atoms. The van der Waals surface area contributed by atoms with Crippen molar-refractivity contribution in [3.05, 3.63) is 12.2 Å². The Morgan fingerprint density at radius 3 is 0.941 bits per heavy atom. The van der Waals surface area contributed by atoms with E-state index in [4.69, 9.17) is 37.7 Å². The molecule has 0 saturated heterocycles. The molecule has 22 heteroatoms. The number of hydrogen-bond acceptors (Lipinski definition) is 10. The zero-order valence-corrected chi connectivity index (χ0v) is 60.6. The van der Waals surface area contributed by atoms with Gasteiger partial charge >= 0.3 is 23.6 Å². The number of carbonyl (C=O) groups is 1. The van der Waals surface area contributed by atoms with Crippen LogP contribution in [0, 0.1) is 0 Å². The standard InChI is InChI=1S/C46H110O10Si12/c1-45(2)46(47)48-37-36-44-68(54-64(18,19)40-32-26-24-30-38-57-49-59(3,4)5,55-65(20,21)41-33-27-25-31-39-58-50-60(6,7)8)56-66(22,23)42-34-28-29-35-43-67(51-61(9,10)11,52-62(12,13)14)53-63(15,16)17/h1,24-44H2,2-23H3. The minimum Gasteiger partial charge on any atom is -0.462 e. The summed E-state index contributed by atoms with van der Waals surface area (Å²) in [5, 5.41) is 0. The Bertz CT molecular complexity index is 1320. The highest BCUT2D eigenvalue weighted by atomic mass is 28.5. The Morgan fingerprint density at radius 1 is 0.368 bits per heavy atom. The second kappa shape index (κ2) is 31.5. The molecular formula is C46H110O10Si12. The van der Waals surface area contributed by atoms with Crippen molar-refractivity contribution in [2.45, 2.75) is 270 Å². The Labute approximate surface area is 438 Å². The van der Waals surface area contributed by atoms with Crippen molar-refractivity contribution in [2.24, 2.45) is 0 Å². The number of unbranched alkanes of at least 4 members (excludes halogenated alkanes) is 9. The first kappa shape index (κ1) is 69.5. The van der Waals surface area contributed by atoms with Gasteiger partial charge in [-0.15, -0.1) is 0 Å². The molecule has 0 fully saturated rings. The lowest BCUT2D eigenvalue weighted by Gasteiger charge is -2.45. The predicted octanol–water partition coefficient (Wildman–Crippen LogP) is 16.1. The van der Waals surface area contributed by atoms with Gasteiger partial charge in [0.1, 0.15) is 0 Å². The van der Waals surface area contributed by atoms with E-state index in [1.165, 1.54) is 38.5 Å². The third-order valence-corrected chi connectivity index (χ3v) is 45.5. The average molecular weight is 1160 g/mol. The number of ether oxygens (including phenoxy) is 1. The molecular weight excluding hydrogens is 1050 g/mol. The maximum atomic E-state index is 12.5. The monoisotopic (exact) mass is 1160 g/mol. The van der Waals surface area contributed by atoms with Crippen LogP contribution in [-0.2, 0) is 42.5 Å². The van der Waals surface area contributed by atoms with Crippen LogP contribution in [0.3, 0.4) is 0 Å². The third kappa shape index (κ3) is 39.9. The van der Waals surface area contributed by atoms with Gasteiger partial charge in [0.25, 0.3) is 0 Å². The van der Waals surface area contributed by atoms with E-state index in [-0.39, 0.29) is 5.97 Å². The molecule has 4 radical (unpaired) electrons. The molecule has 0 saturated carbocycles. The summed E-state index contributed by atoms with van der Waals surface area (Å²) >= 11 is 0. The quantitative estimate of drug-likeness (QED) is 0.0254. The van der Waals surface area contributed by atoms with Gasteiger partial charge in [-0.1, -0.05) is 77.2 Å². The summed E-state index contributed by atoms with van der Waals surface area (Å²) in [7, 11) is -20.3. The molecule has 0 aromatic rings. The average Bonchev–Trinajstić information content (AvgIpc) is 3.09. The van der Waals surface area contributed by atoms with E-state index in [1.807, 2.05) is 0 Å². The van der Waals surface area contributed by atoms with Gasteiger partial charge in [0.05, 0.1) is 6.61 Å². The summed E-state index contributed by atoms with van der Waals surface area (Å²) in [5.41, 5.74) is 0.421. The zero-order valence-electron chi connectivity index (χ0n) is 48.6. The van der Waals surface area contributed by atoms with Crippen molar-refractivity contribution >= 4 is 110 Å². The van der Waals surface area contributed by atoms with Crippen molar-refractivity contribution in [2.75, 3.05) is 6.61 Å². The highest BCUT2D eigenvalue weighted by Crippen LogP contribution is 2.36. The van der Waals surface area contributed by atoms with Gasteiger partial charge < -0.3 is 37.7 Å². The van der Waals surface area contributed by atoms with Crippen LogP contribution < -0.4 is 0 Å². The van der Waals surface area contributed by atoms with Crippen LogP contribution in [0.1, 0.15) is 90.4 Å². The van der Waals surface area contributed by atoms with E-state index in [9.17, 15) is 4.79 Å². The Balaban J connectivity index is 6.37. The van der Waals surface area contributed by atoms with Gasteiger partial charge in [0, 0.05) is 17.7 Å². The molecule has 0 heterocycles. The first-order chi connectivity index (χ1) is 30.7. The van der Waals surface area contributed by atoms with Gasteiger partial charge in [-0.2, -0.15) is 0 Å². The van der Waals surface area contributed by atoms with Gasteiger partial charge in [-0.25, -0.2) is 4.79 Å². The molecule has 0 aliphatic heterocycles. The molecule has 0 spiro atoms. The smallest absolute Gasteiger partial charge is 0.462 e. The Morgan fingerprint density at radius 2 is 0.647 bits per heavy atom. The van der Waals surface area contributed by atoms with E-state index < -0.39 is 84.1 Å². The molecule has 0 aliphatic carbocycles. The highest BCUT2D eigenvalue weighted by Gasteiger charge is 2.52. The molecule has 0 rings (SSSR count). The second-order valence-electron chi connectivity index (χ2n) is 26.1. The molecule has 68 heavy (non-hydrogen) atoms. The van der Waals surface area contributed by atoms with Crippen LogP contribution in [0.2, 0.25) is 180 Å². The maximum Gasteiger partial charge on any atom is 0.469 e. The molecule has 0 atom stereocenters. The van der Waals surface area contributed by atoms with Crippen molar-refractivity contribution in [3.63, 3.8) is 0 Å². The molecule has 10 nitrogen and oxygen atoms in total. The Kier molecular flexibility index (Phi) is 32.2. The lowest BCUT2D eigenvalue weighted by atomic mass is 10.2. The summed E-state index contributed by atoms with van der Waals surface area (Å²) < 4.78 is 61.9. The van der Waals surface area contributed by atoms with E-state index in [0.717, 1.165) is 74.8 Å². The minimum absolute atomic E-state index is 0.307. The minimum atomic E-state index is -3.26. The van der Waals surface area contributed by atoms with E-state index in [2.05, 4.69) is 144 Å². The number of esters is 1. The molecule has 0 aliphatic rings. The first-order valence-corrected chi connectivity index (χ1v) is 59.0. The fourth-order valence-corrected chi connectivity index (χ4v) is 45.7. The van der Waals surface area contributed by atoms with Crippen LogP contribution in [0.25, 0.3) is 0 Å². The van der Waals surface area contributed by atoms with E-state index in [1.54, 1.807) is 6.92 Å². The normalized spacial score (nSPS) is 14.2. The van der Waals surface area contributed by atoms with Gasteiger partial charge in [0.2, 0.25) is 19.5 Å². The fraction of sp³-hybridized carbons (Fsp3) is 0.935. The van der Waals surface area contributed by atoms with Crippen molar-refractivity contribution in [1.82, 2.24) is 0 Å². The van der Waals surface area contributed by atoms with Crippen molar-refractivity contribution in [3.8, 4) is 0 Å². The molecule has 0 amide bonds. The van der Waals surface area contributed by atoms with Crippen LogP contribution in [0.4, 0.5) is 0 Å². The van der Waals surface area contributed by atoms with Crippen LogP contribution in [0.15, 0.2) is 12.2 Å². The van der Waals surface area contributed by atoms with Crippen LogP contribution in [-0.4, -0.2) is 116 Å². The van der Waals surface area contributed by atoms with Crippen molar-refractivity contribution in [1.29, 1.82) is 0 Å². The summed E-state index contributed by atoms with van der Waals surface area (Å²) in [5.74, 6) is -0.342. The second-order valence-corrected chi connectivity index (χ2v) is 71.1. The lowest BCUT2D eigenvalue weighted by molar-refractivity contribution is -0.139. The molecule has 0 N–H and O–H groups in total. The predicted molar refractivity (Wildman–Crippen MR) is 320 cm³/mol. The molecule has 402 valence electrons. The topological polar surface area (TPSA) is 100 Å². The summed E-state index contributed by atoms with van der Waals surface area (Å²) in [6.45, 7) is 54.2. The zero-order chi connectivity index (χ0) is 52.8. The summed E-state index contributed by atoms with van der Waals surface area (Å²) in [6, 6.07) is 7.07. The Hall–Kier alpha value is 1.49. The van der Waals surface area contributed by atoms with E-state index in [0.29, 0.717) is 44.2 Å². The lowest BCUT2D eigenvalue weighted by Crippen LogP contribution is -2.62. The van der Waals surface area contributed by atoms with Crippen molar-refractivity contribution < 1.29 is 42.5 Å². The number of carbonyl (C=O) groups excluding carboxylic acids is 1. The maximum absolute atomic E-state index is 12.5. The highest BCUT2D eigenvalue weighted by molar-refractivity contribution is 6.91. The first-order valence-electron chi connectivity index (χ1n) is 26.5. The van der Waals surface area contributed by atoms with Crippen LogP contribution in [0.5, 0.6) is 0 Å². The van der Waals surface area contributed by atoms with Gasteiger partial charge in [-0.05, 0) is 187 Å². The van der Waals surface area contributed by atoms with Gasteiger partial charge in [-0.3, -0.25) is 0 Å². The SMILES string of the molecule is C=C(C)C(=O)OCCC[Si](O[Si](C)(C)CCCCCC[Si]O[Si](C)(C)C)(O[Si](C)(C)CCCCCC[Si]O[Si](C)(C)C)O[Si](C)(C)CCCCCC[Si](O[Si](C)(C)C)(O[Si](C)(C)C)O[Si](C)(C)C. The van der Waals surface area contributed by atoms with Crippen LogP contribution >= 0.6 is 0 Å². The summed E-state index contributed by atoms with van der Waals surface area (Å²) in [6.07, 6.45) is 14.7. The van der Waals surface area contributed by atoms with E-state index >= 15 is 0 Å². The van der Waals surface area contributed by atoms with Gasteiger partial charge in [0.15, 0.2) is 66.5 Å². The fourth-order valence-electron chi connectivity index (χ4n) is 7.81. The largest absolute Gasteiger partial charge is 0.469 e.